The molecule has 0 nitrogen and oxygen atoms in total. The summed E-state index contributed by atoms with van der Waals surface area (Å²) in [6.07, 6.45) is 12.1. The minimum Gasteiger partial charge on any atom is -0.0622 e. The van der Waals surface area contributed by atoms with E-state index in [2.05, 4.69) is 13.8 Å². The van der Waals surface area contributed by atoms with Gasteiger partial charge in [0.1, 0.15) is 0 Å². The van der Waals surface area contributed by atoms with Gasteiger partial charge >= 0.3 is 0 Å². The quantitative estimate of drug-likeness (QED) is 0.570. The maximum atomic E-state index is 2.51. The molecule has 2 aliphatic carbocycles. The Hall–Kier alpha value is 0. The third-order valence-corrected chi connectivity index (χ3v) is 4.83. The molecule has 0 aromatic heterocycles. The van der Waals surface area contributed by atoms with Gasteiger partial charge in [0.15, 0.2) is 0 Å². The van der Waals surface area contributed by atoms with Crippen LogP contribution in [0.25, 0.3) is 0 Å². The van der Waals surface area contributed by atoms with Crippen LogP contribution in [0.3, 0.4) is 0 Å². The first-order valence-corrected chi connectivity index (χ1v) is 6.79. The van der Waals surface area contributed by atoms with Crippen molar-refractivity contribution < 1.29 is 0 Å². The van der Waals surface area contributed by atoms with Gasteiger partial charge in [0, 0.05) is 0 Å². The highest BCUT2D eigenvalue weighted by molar-refractivity contribution is 4.84. The third-order valence-electron chi connectivity index (χ3n) is 4.83. The topological polar surface area (TPSA) is 0 Å². The average molecular weight is 194 g/mol. The summed E-state index contributed by atoms with van der Waals surface area (Å²) < 4.78 is 0. The summed E-state index contributed by atoms with van der Waals surface area (Å²) in [5, 5.41) is 0. The lowest BCUT2D eigenvalue weighted by molar-refractivity contribution is 0.0873. The Morgan fingerprint density at radius 2 is 1.21 bits per heavy atom. The van der Waals surface area contributed by atoms with Crippen LogP contribution in [-0.4, -0.2) is 0 Å². The summed E-state index contributed by atoms with van der Waals surface area (Å²) in [5.74, 6) is 4.20. The number of hydrogen-bond acceptors (Lipinski definition) is 0. The molecule has 14 heavy (non-hydrogen) atoms. The highest BCUT2D eigenvalue weighted by atomic mass is 14.4. The zero-order valence-electron chi connectivity index (χ0n) is 9.97. The van der Waals surface area contributed by atoms with E-state index in [0.717, 1.165) is 23.7 Å². The largest absolute Gasteiger partial charge is 0.0622 e. The molecule has 0 bridgehead atoms. The van der Waals surface area contributed by atoms with Gasteiger partial charge in [-0.15, -0.1) is 0 Å². The first kappa shape index (κ1) is 10.5. The minimum absolute atomic E-state index is 1.02. The van der Waals surface area contributed by atoms with E-state index in [9.17, 15) is 0 Å². The highest BCUT2D eigenvalue weighted by Gasteiger charge is 2.34. The summed E-state index contributed by atoms with van der Waals surface area (Å²) in [5.41, 5.74) is 0. The van der Waals surface area contributed by atoms with E-state index in [1.165, 1.54) is 38.5 Å². The van der Waals surface area contributed by atoms with Gasteiger partial charge in [-0.2, -0.15) is 0 Å². The fourth-order valence-electron chi connectivity index (χ4n) is 4.16. The van der Waals surface area contributed by atoms with Crippen LogP contribution in [0, 0.1) is 23.7 Å². The van der Waals surface area contributed by atoms with Crippen molar-refractivity contribution in [2.45, 2.75) is 65.2 Å². The van der Waals surface area contributed by atoms with Gasteiger partial charge in [-0.3, -0.25) is 0 Å². The van der Waals surface area contributed by atoms with Gasteiger partial charge < -0.3 is 0 Å². The Balaban J connectivity index is 1.97. The van der Waals surface area contributed by atoms with Gasteiger partial charge in [0.05, 0.1) is 0 Å². The summed E-state index contributed by atoms with van der Waals surface area (Å²) in [7, 11) is 0. The summed E-state index contributed by atoms with van der Waals surface area (Å²) >= 11 is 0. The SMILES string of the molecule is CC1CCCC(C)C1C1CCCCC1. The lowest BCUT2D eigenvalue weighted by atomic mass is 9.64. The van der Waals surface area contributed by atoms with E-state index in [1.807, 2.05) is 0 Å². The zero-order chi connectivity index (χ0) is 9.97. The fourth-order valence-corrected chi connectivity index (χ4v) is 4.16. The summed E-state index contributed by atoms with van der Waals surface area (Å²) in [6.45, 7) is 5.02. The molecule has 82 valence electrons. The maximum Gasteiger partial charge on any atom is -0.0334 e. The number of hydrogen-bond donors (Lipinski definition) is 0. The lowest BCUT2D eigenvalue weighted by Crippen LogP contribution is -2.32. The van der Waals surface area contributed by atoms with Gasteiger partial charge in [-0.25, -0.2) is 0 Å². The van der Waals surface area contributed by atoms with Crippen LogP contribution in [0.5, 0.6) is 0 Å². The molecule has 0 radical (unpaired) electrons. The van der Waals surface area contributed by atoms with Crippen LogP contribution in [0.1, 0.15) is 65.2 Å². The van der Waals surface area contributed by atoms with Crippen LogP contribution >= 0.6 is 0 Å². The molecule has 2 unspecified atom stereocenters. The first-order valence-electron chi connectivity index (χ1n) is 6.79. The van der Waals surface area contributed by atoms with Crippen molar-refractivity contribution in [3.05, 3.63) is 0 Å². The Kier molecular flexibility index (Phi) is 3.52. The smallest absolute Gasteiger partial charge is 0.0334 e. The summed E-state index contributed by atoms with van der Waals surface area (Å²) in [6, 6.07) is 0. The second kappa shape index (κ2) is 4.68. The normalized spacial score (nSPS) is 41.1. The monoisotopic (exact) mass is 194 g/mol. The zero-order valence-corrected chi connectivity index (χ0v) is 9.97. The van der Waals surface area contributed by atoms with E-state index >= 15 is 0 Å². The molecule has 0 heteroatoms. The molecule has 0 saturated heterocycles. The second-order valence-corrected chi connectivity index (χ2v) is 5.86. The summed E-state index contributed by atoms with van der Waals surface area (Å²) in [4.78, 5) is 0. The molecule has 0 amide bonds. The van der Waals surface area contributed by atoms with Crippen LogP contribution < -0.4 is 0 Å². The Labute approximate surface area is 89.5 Å². The molecule has 2 saturated carbocycles. The van der Waals surface area contributed by atoms with Crippen molar-refractivity contribution in [3.8, 4) is 0 Å². The molecule has 2 fully saturated rings. The van der Waals surface area contributed by atoms with E-state index in [-0.39, 0.29) is 0 Å². The van der Waals surface area contributed by atoms with Crippen LogP contribution in [0.2, 0.25) is 0 Å². The molecule has 2 rings (SSSR count). The molecule has 0 N–H and O–H groups in total. The van der Waals surface area contributed by atoms with Gasteiger partial charge in [-0.1, -0.05) is 65.2 Å². The number of rotatable bonds is 1. The molecule has 0 aromatic rings. The Morgan fingerprint density at radius 1 is 0.643 bits per heavy atom. The van der Waals surface area contributed by atoms with E-state index in [1.54, 1.807) is 12.8 Å². The molecule has 2 aliphatic rings. The molecular weight excluding hydrogens is 168 g/mol. The van der Waals surface area contributed by atoms with Crippen molar-refractivity contribution in [3.63, 3.8) is 0 Å². The van der Waals surface area contributed by atoms with Crippen molar-refractivity contribution >= 4 is 0 Å². The van der Waals surface area contributed by atoms with E-state index in [0.29, 0.717) is 0 Å². The van der Waals surface area contributed by atoms with Crippen molar-refractivity contribution in [2.75, 3.05) is 0 Å². The standard InChI is InChI=1S/C14H26/c1-11-7-6-8-12(2)14(11)13-9-4-3-5-10-13/h11-14H,3-10H2,1-2H3. The van der Waals surface area contributed by atoms with Crippen molar-refractivity contribution in [1.29, 1.82) is 0 Å². The first-order chi connectivity index (χ1) is 6.79. The predicted molar refractivity (Wildman–Crippen MR) is 62.2 cm³/mol. The molecule has 0 spiro atoms. The third kappa shape index (κ3) is 2.15. The Bertz CT molecular complexity index is 157. The van der Waals surface area contributed by atoms with Crippen LogP contribution in [0.4, 0.5) is 0 Å². The van der Waals surface area contributed by atoms with E-state index in [4.69, 9.17) is 0 Å². The fraction of sp³-hybridized carbons (Fsp3) is 1.00. The second-order valence-electron chi connectivity index (χ2n) is 5.86. The van der Waals surface area contributed by atoms with Crippen LogP contribution in [-0.2, 0) is 0 Å². The maximum absolute atomic E-state index is 2.51. The van der Waals surface area contributed by atoms with Gasteiger partial charge in [0.25, 0.3) is 0 Å². The molecule has 0 aromatic carbocycles. The van der Waals surface area contributed by atoms with Crippen molar-refractivity contribution in [2.24, 2.45) is 23.7 Å². The molecular formula is C14H26. The van der Waals surface area contributed by atoms with Crippen molar-refractivity contribution in [1.82, 2.24) is 0 Å². The predicted octanol–water partition coefficient (Wildman–Crippen LogP) is 4.64. The molecule has 0 aliphatic heterocycles. The highest BCUT2D eigenvalue weighted by Crippen LogP contribution is 2.44. The lowest BCUT2D eigenvalue weighted by Gasteiger charge is -2.41. The van der Waals surface area contributed by atoms with E-state index < -0.39 is 0 Å². The van der Waals surface area contributed by atoms with Gasteiger partial charge in [0.2, 0.25) is 0 Å². The van der Waals surface area contributed by atoms with Gasteiger partial charge in [-0.05, 0) is 23.7 Å². The molecule has 2 atom stereocenters. The molecule has 0 heterocycles. The van der Waals surface area contributed by atoms with Crippen LogP contribution in [0.15, 0.2) is 0 Å². The Morgan fingerprint density at radius 3 is 1.79 bits per heavy atom. The average Bonchev–Trinajstić information content (AvgIpc) is 2.19. The minimum atomic E-state index is 1.02.